The summed E-state index contributed by atoms with van der Waals surface area (Å²) in [6.45, 7) is -0.334. The molecule has 78 valence electrons. The molecule has 0 fully saturated rings. The summed E-state index contributed by atoms with van der Waals surface area (Å²) < 4.78 is 36.4. The maximum Gasteiger partial charge on any atom is 0.471 e. The van der Waals surface area contributed by atoms with Gasteiger partial charge in [0, 0.05) is 7.05 Å². The van der Waals surface area contributed by atoms with Crippen molar-refractivity contribution < 1.29 is 18.0 Å². The maximum absolute atomic E-state index is 11.7. The first-order valence-electron chi connectivity index (χ1n) is 3.59. The van der Waals surface area contributed by atoms with Gasteiger partial charge in [-0.3, -0.25) is 9.48 Å². The Morgan fingerprint density at radius 1 is 1.64 bits per heavy atom. The van der Waals surface area contributed by atoms with Crippen molar-refractivity contribution in [1.29, 1.82) is 0 Å². The molecule has 0 unspecified atom stereocenters. The number of amides is 1. The zero-order chi connectivity index (χ0) is 10.8. The van der Waals surface area contributed by atoms with Crippen LogP contribution >= 0.6 is 0 Å². The van der Waals surface area contributed by atoms with Crippen LogP contribution < -0.4 is 5.32 Å². The van der Waals surface area contributed by atoms with Crippen LogP contribution in [0.15, 0.2) is 6.33 Å². The minimum absolute atomic E-state index is 0.130. The van der Waals surface area contributed by atoms with Crippen LogP contribution in [0.25, 0.3) is 0 Å². The number of alkyl halides is 3. The van der Waals surface area contributed by atoms with E-state index in [-0.39, 0.29) is 12.4 Å². The van der Waals surface area contributed by atoms with Crippen LogP contribution in [0.5, 0.6) is 0 Å². The predicted octanol–water partition coefficient (Wildman–Crippen LogP) is -0.00640. The normalized spacial score (nSPS) is 11.4. The molecule has 1 rings (SSSR count). The fraction of sp³-hybridized carbons (Fsp3) is 0.500. The summed E-state index contributed by atoms with van der Waals surface area (Å²) in [4.78, 5) is 14.0. The molecule has 5 nitrogen and oxygen atoms in total. The summed E-state index contributed by atoms with van der Waals surface area (Å²) >= 11 is 0. The Balaban J connectivity index is 2.46. The largest absolute Gasteiger partial charge is 0.471 e. The number of halogens is 3. The molecule has 8 heteroatoms. The number of carbonyl (C=O) groups excluding carboxylic acids is 1. The molecule has 0 saturated carbocycles. The number of hydrogen-bond donors (Lipinski definition) is 1. The highest BCUT2D eigenvalue weighted by atomic mass is 19.4. The summed E-state index contributed by atoms with van der Waals surface area (Å²) in [5.41, 5.74) is 0. The van der Waals surface area contributed by atoms with Crippen LogP contribution in [-0.2, 0) is 18.4 Å². The van der Waals surface area contributed by atoms with Crippen LogP contribution in [0.3, 0.4) is 0 Å². The number of aromatic nitrogens is 3. The third-order valence-corrected chi connectivity index (χ3v) is 1.31. The average Bonchev–Trinajstić information content (AvgIpc) is 2.45. The number of nitrogens with one attached hydrogen (secondary N) is 1. The van der Waals surface area contributed by atoms with E-state index in [4.69, 9.17) is 0 Å². The summed E-state index contributed by atoms with van der Waals surface area (Å²) in [5, 5.41) is 5.34. The van der Waals surface area contributed by atoms with Crippen LogP contribution in [0.4, 0.5) is 13.2 Å². The molecule has 0 bridgehead atoms. The number of aryl methyl sites for hydroxylation is 1. The van der Waals surface area contributed by atoms with Gasteiger partial charge in [0.25, 0.3) is 0 Å². The van der Waals surface area contributed by atoms with Crippen LogP contribution in [0.1, 0.15) is 5.82 Å². The molecule has 0 spiro atoms. The summed E-state index contributed by atoms with van der Waals surface area (Å²) in [7, 11) is 1.57. The molecular formula is C6H7F3N4O. The van der Waals surface area contributed by atoms with Gasteiger partial charge in [0.15, 0.2) is 5.82 Å². The molecule has 0 aliphatic heterocycles. The van der Waals surface area contributed by atoms with E-state index in [9.17, 15) is 18.0 Å². The minimum Gasteiger partial charge on any atom is -0.341 e. The van der Waals surface area contributed by atoms with E-state index in [0.29, 0.717) is 0 Å². The molecule has 1 amide bonds. The highest BCUT2D eigenvalue weighted by molar-refractivity contribution is 5.81. The molecule has 1 aromatic rings. The molecule has 1 aromatic heterocycles. The third kappa shape index (κ3) is 2.71. The van der Waals surface area contributed by atoms with E-state index in [1.54, 1.807) is 12.4 Å². The van der Waals surface area contributed by atoms with Gasteiger partial charge >= 0.3 is 12.1 Å². The Morgan fingerprint density at radius 2 is 2.29 bits per heavy atom. The molecule has 1 N–H and O–H groups in total. The Kier molecular flexibility index (Phi) is 2.73. The van der Waals surface area contributed by atoms with Gasteiger partial charge in [-0.1, -0.05) is 0 Å². The lowest BCUT2D eigenvalue weighted by Crippen LogP contribution is -2.36. The van der Waals surface area contributed by atoms with Gasteiger partial charge in [0.05, 0.1) is 6.54 Å². The van der Waals surface area contributed by atoms with Crippen molar-refractivity contribution in [2.45, 2.75) is 12.7 Å². The van der Waals surface area contributed by atoms with Crippen LogP contribution in [0, 0.1) is 0 Å². The second kappa shape index (κ2) is 3.64. The van der Waals surface area contributed by atoms with Gasteiger partial charge in [-0.2, -0.15) is 18.3 Å². The molecule has 14 heavy (non-hydrogen) atoms. The van der Waals surface area contributed by atoms with Gasteiger partial charge in [0.2, 0.25) is 0 Å². The van der Waals surface area contributed by atoms with E-state index in [1.165, 1.54) is 11.0 Å². The SMILES string of the molecule is Cn1cnc(CNC(=O)C(F)(F)F)n1. The van der Waals surface area contributed by atoms with Crippen molar-refractivity contribution >= 4 is 5.91 Å². The smallest absolute Gasteiger partial charge is 0.341 e. The Hall–Kier alpha value is -1.60. The first-order chi connectivity index (χ1) is 6.39. The average molecular weight is 208 g/mol. The van der Waals surface area contributed by atoms with Crippen molar-refractivity contribution in [2.75, 3.05) is 0 Å². The maximum atomic E-state index is 11.7. The predicted molar refractivity (Wildman–Crippen MR) is 38.9 cm³/mol. The van der Waals surface area contributed by atoms with Gasteiger partial charge in [-0.05, 0) is 0 Å². The monoisotopic (exact) mass is 208 g/mol. The van der Waals surface area contributed by atoms with Crippen molar-refractivity contribution in [3.63, 3.8) is 0 Å². The highest BCUT2D eigenvalue weighted by Gasteiger charge is 2.38. The molecule has 0 aliphatic rings. The van der Waals surface area contributed by atoms with E-state index in [1.807, 2.05) is 0 Å². The van der Waals surface area contributed by atoms with Gasteiger partial charge in [-0.25, -0.2) is 4.98 Å². The van der Waals surface area contributed by atoms with Crippen molar-refractivity contribution in [3.8, 4) is 0 Å². The standard InChI is InChI=1S/C6H7F3N4O/c1-13-3-11-4(12-13)2-10-5(14)6(7,8)9/h3H,2H2,1H3,(H,10,14). The van der Waals surface area contributed by atoms with Crippen molar-refractivity contribution in [2.24, 2.45) is 7.05 Å². The van der Waals surface area contributed by atoms with Crippen LogP contribution in [0.2, 0.25) is 0 Å². The third-order valence-electron chi connectivity index (χ3n) is 1.31. The molecule has 0 radical (unpaired) electrons. The number of hydrogen-bond acceptors (Lipinski definition) is 3. The highest BCUT2D eigenvalue weighted by Crippen LogP contribution is 2.13. The molecule has 0 saturated heterocycles. The number of carbonyl (C=O) groups is 1. The lowest BCUT2D eigenvalue weighted by Gasteiger charge is -2.05. The molecular weight excluding hydrogens is 201 g/mol. The van der Waals surface area contributed by atoms with Gasteiger partial charge < -0.3 is 5.32 Å². The molecule has 0 aromatic carbocycles. The van der Waals surface area contributed by atoms with Gasteiger partial charge in [0.1, 0.15) is 6.33 Å². The number of nitrogens with zero attached hydrogens (tertiary/aromatic N) is 3. The van der Waals surface area contributed by atoms with E-state index in [2.05, 4.69) is 10.1 Å². The second-order valence-electron chi connectivity index (χ2n) is 2.51. The molecule has 0 atom stereocenters. The number of rotatable bonds is 2. The van der Waals surface area contributed by atoms with Crippen molar-refractivity contribution in [1.82, 2.24) is 20.1 Å². The Bertz CT molecular complexity index is 332. The lowest BCUT2D eigenvalue weighted by atomic mass is 10.5. The van der Waals surface area contributed by atoms with Crippen molar-refractivity contribution in [3.05, 3.63) is 12.2 Å². The fourth-order valence-corrected chi connectivity index (χ4v) is 0.724. The molecule has 0 aliphatic carbocycles. The Morgan fingerprint density at radius 3 is 2.71 bits per heavy atom. The fourth-order valence-electron chi connectivity index (χ4n) is 0.724. The molecule has 1 heterocycles. The summed E-state index contributed by atoms with van der Waals surface area (Å²) in [6, 6.07) is 0. The Labute approximate surface area is 76.9 Å². The first kappa shape index (κ1) is 10.5. The zero-order valence-electron chi connectivity index (χ0n) is 7.17. The zero-order valence-corrected chi connectivity index (χ0v) is 7.17. The quantitative estimate of drug-likeness (QED) is 0.743. The van der Waals surface area contributed by atoms with E-state index < -0.39 is 12.1 Å². The van der Waals surface area contributed by atoms with E-state index >= 15 is 0 Å². The topological polar surface area (TPSA) is 59.8 Å². The summed E-state index contributed by atoms with van der Waals surface area (Å²) in [6.07, 6.45) is -3.54. The minimum atomic E-state index is -4.87. The van der Waals surface area contributed by atoms with Crippen LogP contribution in [-0.4, -0.2) is 26.8 Å². The summed E-state index contributed by atoms with van der Waals surface area (Å²) in [5.74, 6) is -1.87. The first-order valence-corrected chi connectivity index (χ1v) is 3.59. The lowest BCUT2D eigenvalue weighted by molar-refractivity contribution is -0.173. The van der Waals surface area contributed by atoms with E-state index in [0.717, 1.165) is 0 Å². The van der Waals surface area contributed by atoms with Gasteiger partial charge in [-0.15, -0.1) is 0 Å². The second-order valence-corrected chi connectivity index (χ2v) is 2.51.